The quantitative estimate of drug-likeness (QED) is 0.775. The molecule has 1 aromatic carbocycles. The molecule has 0 spiro atoms. The highest BCUT2D eigenvalue weighted by Gasteiger charge is 2.30. The number of nitrogens with zero attached hydrogens (tertiary/aromatic N) is 2. The maximum Gasteiger partial charge on any atom is 0.416 e. The van der Waals surface area contributed by atoms with Crippen LogP contribution in [0, 0.1) is 0 Å². The molecule has 0 aliphatic rings. The van der Waals surface area contributed by atoms with Gasteiger partial charge in [0.05, 0.1) is 15.8 Å². The van der Waals surface area contributed by atoms with Gasteiger partial charge in [0, 0.05) is 6.54 Å². The predicted octanol–water partition coefficient (Wildman–Crippen LogP) is 4.36. The molecule has 114 valence electrons. The van der Waals surface area contributed by atoms with E-state index in [9.17, 15) is 13.2 Å². The summed E-state index contributed by atoms with van der Waals surface area (Å²) in [6, 6.07) is 7.29. The van der Waals surface area contributed by atoms with E-state index in [0.29, 0.717) is 24.3 Å². The summed E-state index contributed by atoms with van der Waals surface area (Å²) in [5, 5.41) is 5.09. The van der Waals surface area contributed by atoms with Crippen LogP contribution in [0.5, 0.6) is 0 Å². The number of halogens is 3. The molecule has 0 amide bonds. The molecule has 0 saturated heterocycles. The molecule has 0 aliphatic carbocycles. The van der Waals surface area contributed by atoms with Crippen molar-refractivity contribution in [3.05, 3.63) is 53.2 Å². The highest BCUT2D eigenvalue weighted by molar-refractivity contribution is 7.17. The Morgan fingerprint density at radius 2 is 2.00 bits per heavy atom. The standard InChI is InChI=1S/C15H12F3N3S/c16-15(17,18)11-3-1-2-10(8-11)4-6-19-14-13-12(5-7-22-13)20-9-21-14/h1-3,5,7-9H,4,6H2,(H,19,20,21). The number of hydrogen-bond donors (Lipinski definition) is 1. The van der Waals surface area contributed by atoms with Crippen LogP contribution in [0.3, 0.4) is 0 Å². The Hall–Kier alpha value is -2.15. The third-order valence-corrected chi connectivity index (χ3v) is 4.11. The summed E-state index contributed by atoms with van der Waals surface area (Å²) in [4.78, 5) is 8.32. The minimum absolute atomic E-state index is 0.487. The number of rotatable bonds is 4. The number of fused-ring (bicyclic) bond motifs is 1. The maximum absolute atomic E-state index is 12.7. The number of hydrogen-bond acceptors (Lipinski definition) is 4. The molecule has 2 aromatic heterocycles. The Labute approximate surface area is 128 Å². The third-order valence-electron chi connectivity index (χ3n) is 3.20. The van der Waals surface area contributed by atoms with E-state index in [-0.39, 0.29) is 0 Å². The van der Waals surface area contributed by atoms with Gasteiger partial charge in [-0.05, 0) is 29.5 Å². The molecule has 22 heavy (non-hydrogen) atoms. The van der Waals surface area contributed by atoms with Crippen LogP contribution in [0.15, 0.2) is 42.0 Å². The second-order valence-corrected chi connectivity index (χ2v) is 5.65. The number of aromatic nitrogens is 2. The minimum atomic E-state index is -4.31. The van der Waals surface area contributed by atoms with Gasteiger partial charge < -0.3 is 5.32 Å². The third kappa shape index (κ3) is 3.19. The monoisotopic (exact) mass is 323 g/mol. The van der Waals surface area contributed by atoms with Crippen molar-refractivity contribution < 1.29 is 13.2 Å². The fourth-order valence-corrected chi connectivity index (χ4v) is 2.95. The Morgan fingerprint density at radius 1 is 1.14 bits per heavy atom. The predicted molar refractivity (Wildman–Crippen MR) is 81.1 cm³/mol. The highest BCUT2D eigenvalue weighted by atomic mass is 32.1. The van der Waals surface area contributed by atoms with Crippen molar-refractivity contribution in [3.8, 4) is 0 Å². The molecule has 3 nitrogen and oxygen atoms in total. The molecular weight excluding hydrogens is 311 g/mol. The lowest BCUT2D eigenvalue weighted by Crippen LogP contribution is -2.09. The van der Waals surface area contributed by atoms with Gasteiger partial charge in [0.15, 0.2) is 0 Å². The molecular formula is C15H12F3N3S. The van der Waals surface area contributed by atoms with Crippen molar-refractivity contribution in [2.24, 2.45) is 0 Å². The summed E-state index contributed by atoms with van der Waals surface area (Å²) in [6.07, 6.45) is -2.35. The Balaban J connectivity index is 1.67. The molecule has 0 unspecified atom stereocenters. The van der Waals surface area contributed by atoms with E-state index < -0.39 is 11.7 Å². The van der Waals surface area contributed by atoms with Crippen molar-refractivity contribution in [3.63, 3.8) is 0 Å². The minimum Gasteiger partial charge on any atom is -0.368 e. The van der Waals surface area contributed by atoms with Crippen molar-refractivity contribution in [1.29, 1.82) is 0 Å². The smallest absolute Gasteiger partial charge is 0.368 e. The van der Waals surface area contributed by atoms with Crippen LogP contribution in [0.2, 0.25) is 0 Å². The lowest BCUT2D eigenvalue weighted by Gasteiger charge is -2.09. The van der Waals surface area contributed by atoms with E-state index in [1.165, 1.54) is 29.8 Å². The zero-order chi connectivity index (χ0) is 15.6. The fourth-order valence-electron chi connectivity index (χ4n) is 2.14. The number of nitrogens with one attached hydrogen (secondary N) is 1. The molecule has 0 fully saturated rings. The Kier molecular flexibility index (Phi) is 3.98. The Morgan fingerprint density at radius 3 is 2.82 bits per heavy atom. The SMILES string of the molecule is FC(F)(F)c1cccc(CCNc2ncnc3ccsc23)c1. The first-order valence-electron chi connectivity index (χ1n) is 6.62. The number of alkyl halides is 3. The molecule has 0 saturated carbocycles. The first-order valence-corrected chi connectivity index (χ1v) is 7.50. The topological polar surface area (TPSA) is 37.8 Å². The second kappa shape index (κ2) is 5.92. The van der Waals surface area contributed by atoms with Crippen molar-refractivity contribution in [1.82, 2.24) is 9.97 Å². The van der Waals surface area contributed by atoms with Crippen molar-refractivity contribution >= 4 is 27.4 Å². The second-order valence-electron chi connectivity index (χ2n) is 4.73. The highest BCUT2D eigenvalue weighted by Crippen LogP contribution is 2.29. The summed E-state index contributed by atoms with van der Waals surface area (Å²) in [5.74, 6) is 0.715. The van der Waals surface area contributed by atoms with Gasteiger partial charge in [-0.1, -0.05) is 18.2 Å². The molecule has 3 aromatic rings. The summed E-state index contributed by atoms with van der Waals surface area (Å²) in [5.41, 5.74) is 0.882. The molecule has 0 aliphatic heterocycles. The molecule has 0 radical (unpaired) electrons. The molecule has 0 atom stereocenters. The zero-order valence-electron chi connectivity index (χ0n) is 11.4. The first kappa shape index (κ1) is 14.8. The van der Waals surface area contributed by atoms with Crippen LogP contribution < -0.4 is 5.32 Å². The van der Waals surface area contributed by atoms with Crippen LogP contribution in [0.1, 0.15) is 11.1 Å². The summed E-state index contributed by atoms with van der Waals surface area (Å²) >= 11 is 1.53. The first-order chi connectivity index (χ1) is 10.5. The average Bonchev–Trinajstić information content (AvgIpc) is 2.96. The van der Waals surface area contributed by atoms with Crippen molar-refractivity contribution in [2.75, 3.05) is 11.9 Å². The van der Waals surface area contributed by atoms with E-state index in [1.807, 2.05) is 11.4 Å². The van der Waals surface area contributed by atoms with Gasteiger partial charge in [0.25, 0.3) is 0 Å². The van der Waals surface area contributed by atoms with E-state index in [4.69, 9.17) is 0 Å². The van der Waals surface area contributed by atoms with Crippen LogP contribution in [-0.4, -0.2) is 16.5 Å². The number of anilines is 1. The van der Waals surface area contributed by atoms with Gasteiger partial charge in [-0.15, -0.1) is 11.3 Å². The number of thiophene rings is 1. The average molecular weight is 323 g/mol. The summed E-state index contributed by atoms with van der Waals surface area (Å²) < 4.78 is 38.9. The zero-order valence-corrected chi connectivity index (χ0v) is 12.2. The van der Waals surface area contributed by atoms with E-state index in [2.05, 4.69) is 15.3 Å². The molecule has 0 bridgehead atoms. The summed E-state index contributed by atoms with van der Waals surface area (Å²) in [6.45, 7) is 0.505. The van der Waals surface area contributed by atoms with Gasteiger partial charge in [-0.25, -0.2) is 9.97 Å². The van der Waals surface area contributed by atoms with Gasteiger partial charge in [-0.2, -0.15) is 13.2 Å². The Bertz CT molecular complexity index is 783. The van der Waals surface area contributed by atoms with Gasteiger partial charge in [0.1, 0.15) is 12.1 Å². The van der Waals surface area contributed by atoms with E-state index in [0.717, 1.165) is 16.3 Å². The molecule has 3 rings (SSSR count). The lowest BCUT2D eigenvalue weighted by molar-refractivity contribution is -0.137. The number of benzene rings is 1. The largest absolute Gasteiger partial charge is 0.416 e. The van der Waals surface area contributed by atoms with Crippen LogP contribution in [0.25, 0.3) is 10.2 Å². The van der Waals surface area contributed by atoms with E-state index in [1.54, 1.807) is 6.07 Å². The lowest BCUT2D eigenvalue weighted by atomic mass is 10.1. The normalized spacial score (nSPS) is 11.8. The fraction of sp³-hybridized carbons (Fsp3) is 0.200. The van der Waals surface area contributed by atoms with Gasteiger partial charge >= 0.3 is 6.18 Å². The summed E-state index contributed by atoms with van der Waals surface area (Å²) in [7, 11) is 0. The molecule has 1 N–H and O–H groups in total. The van der Waals surface area contributed by atoms with Crippen molar-refractivity contribution in [2.45, 2.75) is 12.6 Å². The van der Waals surface area contributed by atoms with Gasteiger partial charge in [-0.3, -0.25) is 0 Å². The van der Waals surface area contributed by atoms with Crippen LogP contribution >= 0.6 is 11.3 Å². The van der Waals surface area contributed by atoms with E-state index >= 15 is 0 Å². The molecule has 7 heteroatoms. The maximum atomic E-state index is 12.7. The van der Waals surface area contributed by atoms with Crippen LogP contribution in [0.4, 0.5) is 19.0 Å². The van der Waals surface area contributed by atoms with Crippen LogP contribution in [-0.2, 0) is 12.6 Å². The van der Waals surface area contributed by atoms with Gasteiger partial charge in [0.2, 0.25) is 0 Å². The molecule has 2 heterocycles.